The molecule has 0 aliphatic heterocycles. The van der Waals surface area contributed by atoms with Crippen LogP contribution in [-0.2, 0) is 9.53 Å². The molecule has 0 fully saturated rings. The van der Waals surface area contributed by atoms with Crippen LogP contribution in [0.4, 0.5) is 0 Å². The third-order valence-corrected chi connectivity index (χ3v) is 3.68. The van der Waals surface area contributed by atoms with Gasteiger partial charge in [-0.05, 0) is 35.7 Å². The largest absolute Gasteiger partial charge is 0.507 e. The van der Waals surface area contributed by atoms with Crippen molar-refractivity contribution in [2.24, 2.45) is 0 Å². The second-order valence-corrected chi connectivity index (χ2v) is 5.36. The SMILES string of the molecule is COC(=O)CCCCCNC(=O)c1cc2ccccc2cc1O. The molecule has 2 N–H and O–H groups in total. The minimum atomic E-state index is -0.291. The maximum absolute atomic E-state index is 12.2. The molecule has 23 heavy (non-hydrogen) atoms. The first kappa shape index (κ1) is 16.8. The van der Waals surface area contributed by atoms with Gasteiger partial charge in [0, 0.05) is 13.0 Å². The second kappa shape index (κ2) is 8.17. The first-order valence-corrected chi connectivity index (χ1v) is 7.68. The summed E-state index contributed by atoms with van der Waals surface area (Å²) >= 11 is 0. The molecule has 0 spiro atoms. The monoisotopic (exact) mass is 315 g/mol. The predicted molar refractivity (Wildman–Crippen MR) is 88.4 cm³/mol. The molecule has 122 valence electrons. The van der Waals surface area contributed by atoms with Crippen LogP contribution in [0.25, 0.3) is 10.8 Å². The van der Waals surface area contributed by atoms with Crippen LogP contribution in [0, 0.1) is 0 Å². The first-order valence-electron chi connectivity index (χ1n) is 7.68. The number of hydrogen-bond acceptors (Lipinski definition) is 4. The molecule has 0 bridgehead atoms. The summed E-state index contributed by atoms with van der Waals surface area (Å²) in [5, 5.41) is 14.6. The number of phenolic OH excluding ortho intramolecular Hbond substituents is 1. The number of fused-ring (bicyclic) bond motifs is 1. The molecule has 0 aliphatic rings. The maximum atomic E-state index is 12.2. The number of carbonyl (C=O) groups excluding carboxylic acids is 2. The van der Waals surface area contributed by atoms with E-state index in [0.717, 1.165) is 30.0 Å². The second-order valence-electron chi connectivity index (χ2n) is 5.36. The lowest BCUT2D eigenvalue weighted by Gasteiger charge is -2.08. The molecule has 0 aromatic heterocycles. The Morgan fingerprint density at radius 1 is 1.09 bits per heavy atom. The molecule has 0 saturated carbocycles. The van der Waals surface area contributed by atoms with E-state index in [0.29, 0.717) is 13.0 Å². The van der Waals surface area contributed by atoms with Crippen molar-refractivity contribution in [2.75, 3.05) is 13.7 Å². The average molecular weight is 315 g/mol. The van der Waals surface area contributed by atoms with Gasteiger partial charge in [0.1, 0.15) is 5.75 Å². The molecule has 0 heterocycles. The highest BCUT2D eigenvalue weighted by atomic mass is 16.5. The number of hydrogen-bond donors (Lipinski definition) is 2. The van der Waals surface area contributed by atoms with E-state index in [2.05, 4.69) is 10.1 Å². The Labute approximate surface area is 135 Å². The number of benzene rings is 2. The summed E-state index contributed by atoms with van der Waals surface area (Å²) in [6.07, 6.45) is 2.75. The van der Waals surface area contributed by atoms with Gasteiger partial charge in [-0.2, -0.15) is 0 Å². The number of amides is 1. The summed E-state index contributed by atoms with van der Waals surface area (Å²) in [5.41, 5.74) is 0.276. The smallest absolute Gasteiger partial charge is 0.305 e. The topological polar surface area (TPSA) is 75.6 Å². The van der Waals surface area contributed by atoms with Crippen LogP contribution < -0.4 is 5.32 Å². The van der Waals surface area contributed by atoms with Crippen molar-refractivity contribution < 1.29 is 19.4 Å². The van der Waals surface area contributed by atoms with E-state index in [1.165, 1.54) is 7.11 Å². The van der Waals surface area contributed by atoms with Gasteiger partial charge in [-0.25, -0.2) is 0 Å². The fourth-order valence-corrected chi connectivity index (χ4v) is 2.38. The molecule has 0 radical (unpaired) electrons. The van der Waals surface area contributed by atoms with E-state index in [4.69, 9.17) is 0 Å². The van der Waals surface area contributed by atoms with E-state index in [9.17, 15) is 14.7 Å². The van der Waals surface area contributed by atoms with Gasteiger partial charge in [-0.1, -0.05) is 30.7 Å². The molecule has 2 aromatic carbocycles. The van der Waals surface area contributed by atoms with Gasteiger partial charge in [-0.15, -0.1) is 0 Å². The Morgan fingerprint density at radius 2 is 1.78 bits per heavy atom. The quantitative estimate of drug-likeness (QED) is 0.608. The summed E-state index contributed by atoms with van der Waals surface area (Å²) < 4.78 is 4.56. The van der Waals surface area contributed by atoms with Crippen LogP contribution in [0.1, 0.15) is 36.0 Å². The number of phenols is 1. The van der Waals surface area contributed by atoms with Crippen LogP contribution in [0.3, 0.4) is 0 Å². The Kier molecular flexibility index (Phi) is 5.97. The number of methoxy groups -OCH3 is 1. The van der Waals surface area contributed by atoms with Crippen LogP contribution in [-0.4, -0.2) is 30.6 Å². The van der Waals surface area contributed by atoms with Crippen molar-refractivity contribution in [3.8, 4) is 5.75 Å². The van der Waals surface area contributed by atoms with Crippen molar-refractivity contribution in [1.29, 1.82) is 0 Å². The Bertz CT molecular complexity index is 696. The zero-order valence-electron chi connectivity index (χ0n) is 13.2. The number of ether oxygens (including phenoxy) is 1. The molecule has 0 saturated heterocycles. The highest BCUT2D eigenvalue weighted by molar-refractivity contribution is 6.01. The number of unbranched alkanes of at least 4 members (excludes halogenated alkanes) is 2. The number of aromatic hydroxyl groups is 1. The molecule has 0 unspecified atom stereocenters. The Morgan fingerprint density at radius 3 is 2.48 bits per heavy atom. The first-order chi connectivity index (χ1) is 11.1. The molecule has 2 aromatic rings. The lowest BCUT2D eigenvalue weighted by molar-refractivity contribution is -0.140. The Hall–Kier alpha value is -2.56. The van der Waals surface area contributed by atoms with Gasteiger partial charge < -0.3 is 15.2 Å². The van der Waals surface area contributed by atoms with E-state index in [1.54, 1.807) is 12.1 Å². The highest BCUT2D eigenvalue weighted by Crippen LogP contribution is 2.24. The van der Waals surface area contributed by atoms with Gasteiger partial charge >= 0.3 is 5.97 Å². The highest BCUT2D eigenvalue weighted by Gasteiger charge is 2.11. The van der Waals surface area contributed by atoms with Gasteiger partial charge in [0.2, 0.25) is 0 Å². The summed E-state index contributed by atoms with van der Waals surface area (Å²) in [7, 11) is 1.37. The van der Waals surface area contributed by atoms with Crippen LogP contribution in [0.2, 0.25) is 0 Å². The van der Waals surface area contributed by atoms with E-state index >= 15 is 0 Å². The van der Waals surface area contributed by atoms with E-state index in [-0.39, 0.29) is 23.2 Å². The fraction of sp³-hybridized carbons (Fsp3) is 0.333. The lowest BCUT2D eigenvalue weighted by atomic mass is 10.1. The van der Waals surface area contributed by atoms with Gasteiger partial charge in [-0.3, -0.25) is 9.59 Å². The molecule has 1 amide bonds. The molecule has 0 aliphatic carbocycles. The lowest BCUT2D eigenvalue weighted by Crippen LogP contribution is -2.24. The summed E-state index contributed by atoms with van der Waals surface area (Å²) in [6, 6.07) is 10.9. The molecule has 0 atom stereocenters. The van der Waals surface area contributed by atoms with Crippen molar-refractivity contribution >= 4 is 22.6 Å². The maximum Gasteiger partial charge on any atom is 0.305 e. The molecular formula is C18H21NO4. The zero-order chi connectivity index (χ0) is 16.7. The summed E-state index contributed by atoms with van der Waals surface area (Å²) in [4.78, 5) is 23.1. The molecular weight excluding hydrogens is 294 g/mol. The number of carbonyl (C=O) groups is 2. The van der Waals surface area contributed by atoms with Crippen molar-refractivity contribution in [1.82, 2.24) is 5.32 Å². The van der Waals surface area contributed by atoms with Gasteiger partial charge in [0.15, 0.2) is 0 Å². The fourth-order valence-electron chi connectivity index (χ4n) is 2.38. The van der Waals surface area contributed by atoms with E-state index in [1.807, 2.05) is 24.3 Å². The average Bonchev–Trinajstić information content (AvgIpc) is 2.56. The molecule has 5 heteroatoms. The predicted octanol–water partition coefficient (Wildman–Crippen LogP) is 3.01. The standard InChI is InChI=1S/C18H21NO4/c1-23-17(21)9-3-2-6-10-19-18(22)15-11-13-7-4-5-8-14(13)12-16(15)20/h4-5,7-8,11-12,20H,2-3,6,9-10H2,1H3,(H,19,22). The minimum Gasteiger partial charge on any atom is -0.507 e. The van der Waals surface area contributed by atoms with E-state index < -0.39 is 0 Å². The van der Waals surface area contributed by atoms with Gasteiger partial charge in [0.25, 0.3) is 5.91 Å². The van der Waals surface area contributed by atoms with Crippen LogP contribution >= 0.6 is 0 Å². The summed E-state index contributed by atoms with van der Waals surface area (Å²) in [6.45, 7) is 0.506. The number of rotatable bonds is 7. The molecule has 2 rings (SSSR count). The number of nitrogens with one attached hydrogen (secondary N) is 1. The van der Waals surface area contributed by atoms with Crippen molar-refractivity contribution in [3.05, 3.63) is 42.0 Å². The third-order valence-electron chi connectivity index (χ3n) is 3.68. The Balaban J connectivity index is 1.84. The van der Waals surface area contributed by atoms with Crippen LogP contribution in [0.5, 0.6) is 5.75 Å². The van der Waals surface area contributed by atoms with Crippen molar-refractivity contribution in [3.63, 3.8) is 0 Å². The third kappa shape index (κ3) is 4.71. The molecule has 5 nitrogen and oxygen atoms in total. The summed E-state index contributed by atoms with van der Waals surface area (Å²) in [5.74, 6) is -0.525. The zero-order valence-corrected chi connectivity index (χ0v) is 13.2. The normalized spacial score (nSPS) is 10.5. The minimum absolute atomic E-state index is 0.0214. The van der Waals surface area contributed by atoms with Gasteiger partial charge in [0.05, 0.1) is 12.7 Å². The number of esters is 1. The van der Waals surface area contributed by atoms with Crippen LogP contribution in [0.15, 0.2) is 36.4 Å². The van der Waals surface area contributed by atoms with Crippen molar-refractivity contribution in [2.45, 2.75) is 25.7 Å².